The molecular formula is C25H31FN5O9P. The predicted octanol–water partition coefficient (Wildman–Crippen LogP) is 1.33. The third kappa shape index (κ3) is 4.97. The highest BCUT2D eigenvalue weighted by molar-refractivity contribution is 7.52. The lowest BCUT2D eigenvalue weighted by molar-refractivity contribution is -0.148. The summed E-state index contributed by atoms with van der Waals surface area (Å²) in [5.41, 5.74) is 2.14. The SMILES string of the molecule is CO[C@H](C)COC(=O)[C@H](C)N[P@](=O)(Oc1ccccc1)O[C@H]1[C@]2(O)[C@@H](O)[C@@H](c3ccc4c(N)ncnn34)O[C@]12CF. The second-order valence-electron chi connectivity index (χ2n) is 9.95. The van der Waals surface area contributed by atoms with Crippen LogP contribution in [0.5, 0.6) is 5.75 Å². The number of ether oxygens (including phenoxy) is 3. The van der Waals surface area contributed by atoms with Crippen LogP contribution in [0.3, 0.4) is 0 Å². The van der Waals surface area contributed by atoms with Crippen LogP contribution in [0, 0.1) is 0 Å². The second-order valence-corrected chi connectivity index (χ2v) is 11.6. The van der Waals surface area contributed by atoms with Crippen LogP contribution in [0.25, 0.3) is 5.52 Å². The van der Waals surface area contributed by atoms with E-state index in [0.717, 1.165) is 0 Å². The highest BCUT2D eigenvalue weighted by Crippen LogP contribution is 2.68. The number of aromatic nitrogens is 3. The van der Waals surface area contributed by atoms with E-state index in [4.69, 9.17) is 29.0 Å². The minimum atomic E-state index is -4.55. The Labute approximate surface area is 234 Å². The number of nitrogens with two attached hydrogens (primary N) is 1. The van der Waals surface area contributed by atoms with Crippen LogP contribution in [0.15, 0.2) is 48.8 Å². The molecule has 0 radical (unpaired) electrons. The molecule has 3 heterocycles. The fourth-order valence-corrected chi connectivity index (χ4v) is 6.61. The van der Waals surface area contributed by atoms with Gasteiger partial charge in [0.15, 0.2) is 17.0 Å². The molecule has 1 saturated carbocycles. The second kappa shape index (κ2) is 10.9. The molecule has 2 fully saturated rings. The number of carbonyl (C=O) groups is 1. The van der Waals surface area contributed by atoms with E-state index in [1.807, 2.05) is 0 Å². The molecule has 0 unspecified atom stereocenters. The Morgan fingerprint density at radius 3 is 2.68 bits per heavy atom. The van der Waals surface area contributed by atoms with E-state index in [2.05, 4.69) is 15.2 Å². The first-order chi connectivity index (χ1) is 19.5. The van der Waals surface area contributed by atoms with Gasteiger partial charge in [0.05, 0.1) is 11.8 Å². The Hall–Kier alpha value is -3.17. The number of fused-ring (bicyclic) bond motifs is 2. The average molecular weight is 596 g/mol. The number of hydrogen-bond donors (Lipinski definition) is 4. The quantitative estimate of drug-likeness (QED) is 0.174. The van der Waals surface area contributed by atoms with E-state index < -0.39 is 55.9 Å². The first kappa shape index (κ1) is 29.3. The van der Waals surface area contributed by atoms with E-state index in [1.54, 1.807) is 37.3 Å². The molecule has 1 saturated heterocycles. The summed E-state index contributed by atoms with van der Waals surface area (Å²) in [7, 11) is -3.09. The number of rotatable bonds is 12. The molecule has 5 rings (SSSR count). The summed E-state index contributed by atoms with van der Waals surface area (Å²) in [6.45, 7) is 1.69. The van der Waals surface area contributed by atoms with Crippen LogP contribution >= 0.6 is 7.75 Å². The first-order valence-corrected chi connectivity index (χ1v) is 14.3. The maximum Gasteiger partial charge on any atom is 0.459 e. The molecule has 16 heteroatoms. The molecule has 0 amide bonds. The third-order valence-electron chi connectivity index (χ3n) is 7.27. The van der Waals surface area contributed by atoms with E-state index >= 15 is 0 Å². The van der Waals surface area contributed by atoms with Gasteiger partial charge in [-0.2, -0.15) is 10.2 Å². The lowest BCUT2D eigenvalue weighted by Gasteiger charge is -2.27. The zero-order valence-electron chi connectivity index (χ0n) is 22.4. The largest absolute Gasteiger partial charge is 0.462 e. The normalized spacial score (nSPS) is 29.9. The van der Waals surface area contributed by atoms with Crippen LogP contribution in [0.2, 0.25) is 0 Å². The number of nitrogen functional groups attached to an aromatic ring is 1. The van der Waals surface area contributed by atoms with Gasteiger partial charge in [-0.25, -0.2) is 18.5 Å². The molecule has 1 aromatic carbocycles. The molecular weight excluding hydrogens is 564 g/mol. The number of alkyl halides is 1. The minimum Gasteiger partial charge on any atom is -0.462 e. The maximum atomic E-state index is 14.6. The van der Waals surface area contributed by atoms with Crippen molar-refractivity contribution in [2.24, 2.45) is 0 Å². The van der Waals surface area contributed by atoms with Gasteiger partial charge in [0.1, 0.15) is 55.2 Å². The van der Waals surface area contributed by atoms with Crippen LogP contribution < -0.4 is 15.3 Å². The molecule has 1 aliphatic carbocycles. The van der Waals surface area contributed by atoms with Crippen molar-refractivity contribution in [1.82, 2.24) is 19.7 Å². The molecule has 14 nitrogen and oxygen atoms in total. The Morgan fingerprint density at radius 2 is 2.02 bits per heavy atom. The molecule has 3 aromatic rings. The van der Waals surface area contributed by atoms with E-state index in [9.17, 15) is 24.0 Å². The van der Waals surface area contributed by atoms with E-state index in [-0.39, 0.29) is 30.0 Å². The Bertz CT molecular complexity index is 1460. The summed E-state index contributed by atoms with van der Waals surface area (Å²) >= 11 is 0. The van der Waals surface area contributed by atoms with Crippen LogP contribution in [-0.2, 0) is 28.1 Å². The average Bonchev–Trinajstić information content (AvgIpc) is 3.21. The number of halogens is 1. The first-order valence-electron chi connectivity index (χ1n) is 12.7. The standard InChI is InChI=1S/C25H31FN5O9P/c1-14(36-3)11-37-22(33)15(2)30-41(35,39-16-7-5-4-6-8-16)40-23-24(12-26)25(23,34)20(32)19(38-24)17-9-10-18-21(27)28-13-29-31(17)18/h4-10,13-15,19-20,23,32,34H,11-12H2,1-3H3,(H,30,35)(H2,27,28,29)/t14-,15+,19-,20+,23-,24-,25-,41+/m1/s1. The number of methoxy groups -OCH3 is 1. The van der Waals surface area contributed by atoms with Crippen molar-refractivity contribution in [3.63, 3.8) is 0 Å². The summed E-state index contributed by atoms with van der Waals surface area (Å²) in [5, 5.41) is 29.2. The topological polar surface area (TPSA) is 189 Å². The highest BCUT2D eigenvalue weighted by atomic mass is 31.2. The van der Waals surface area contributed by atoms with Gasteiger partial charge in [-0.05, 0) is 38.1 Å². The Morgan fingerprint density at radius 1 is 1.29 bits per heavy atom. The van der Waals surface area contributed by atoms with Gasteiger partial charge < -0.3 is 34.7 Å². The zero-order valence-corrected chi connectivity index (χ0v) is 23.3. The lowest BCUT2D eigenvalue weighted by atomic mass is 10.0. The number of anilines is 1. The van der Waals surface area contributed by atoms with Crippen molar-refractivity contribution in [3.05, 3.63) is 54.5 Å². The Balaban J connectivity index is 1.39. The Kier molecular flexibility index (Phi) is 7.80. The number of nitrogens with zero attached hydrogens (tertiary/aromatic N) is 3. The van der Waals surface area contributed by atoms with Gasteiger partial charge in [-0.3, -0.25) is 9.32 Å². The lowest BCUT2D eigenvalue weighted by Crippen LogP contribution is -2.39. The predicted molar refractivity (Wildman–Crippen MR) is 140 cm³/mol. The monoisotopic (exact) mass is 595 g/mol. The fraction of sp³-hybridized carbons (Fsp3) is 0.480. The van der Waals surface area contributed by atoms with Crippen LogP contribution in [0.4, 0.5) is 10.2 Å². The van der Waals surface area contributed by atoms with Gasteiger partial charge in [0, 0.05) is 7.11 Å². The zero-order chi connectivity index (χ0) is 29.6. The van der Waals surface area contributed by atoms with Crippen molar-refractivity contribution >= 4 is 25.1 Å². The number of para-hydroxylation sites is 1. The molecule has 5 N–H and O–H groups in total. The summed E-state index contributed by atoms with van der Waals surface area (Å²) < 4.78 is 57.4. The molecule has 1 aliphatic heterocycles. The van der Waals surface area contributed by atoms with Crippen molar-refractivity contribution in [3.8, 4) is 5.75 Å². The molecule has 0 bridgehead atoms. The summed E-state index contributed by atoms with van der Waals surface area (Å²) in [6, 6.07) is 9.81. The smallest absolute Gasteiger partial charge is 0.459 e. The molecule has 2 aromatic heterocycles. The number of benzene rings is 1. The molecule has 8 atom stereocenters. The third-order valence-corrected chi connectivity index (χ3v) is 8.92. The molecule has 41 heavy (non-hydrogen) atoms. The van der Waals surface area contributed by atoms with Gasteiger partial charge in [0.2, 0.25) is 0 Å². The van der Waals surface area contributed by atoms with Crippen molar-refractivity contribution in [1.29, 1.82) is 0 Å². The van der Waals surface area contributed by atoms with Crippen molar-refractivity contribution in [2.75, 3.05) is 26.1 Å². The summed E-state index contributed by atoms with van der Waals surface area (Å²) in [6.07, 6.45) is -3.81. The van der Waals surface area contributed by atoms with Gasteiger partial charge >= 0.3 is 13.7 Å². The van der Waals surface area contributed by atoms with Gasteiger partial charge in [0.25, 0.3) is 0 Å². The van der Waals surface area contributed by atoms with Gasteiger partial charge in [-0.1, -0.05) is 18.2 Å². The molecule has 2 aliphatic rings. The minimum absolute atomic E-state index is 0.0637. The number of aliphatic hydroxyl groups is 2. The molecule has 222 valence electrons. The number of hydrogen-bond acceptors (Lipinski definition) is 12. The summed E-state index contributed by atoms with van der Waals surface area (Å²) in [5.74, 6) is -0.527. The van der Waals surface area contributed by atoms with E-state index in [0.29, 0.717) is 5.52 Å². The number of aliphatic hydroxyl groups excluding tert-OH is 1. The van der Waals surface area contributed by atoms with E-state index in [1.165, 1.54) is 37.0 Å². The van der Waals surface area contributed by atoms with Crippen molar-refractivity contribution < 1.29 is 47.2 Å². The number of carbonyl (C=O) groups excluding carboxylic acids is 1. The maximum absolute atomic E-state index is 14.6. The van der Waals surface area contributed by atoms with Crippen LogP contribution in [-0.4, -0.2) is 86.7 Å². The number of esters is 1. The summed E-state index contributed by atoms with van der Waals surface area (Å²) in [4.78, 5) is 16.5. The number of nitrogens with one attached hydrogen (secondary N) is 1. The van der Waals surface area contributed by atoms with Gasteiger partial charge in [-0.15, -0.1) is 0 Å². The van der Waals surface area contributed by atoms with Crippen LogP contribution in [0.1, 0.15) is 25.6 Å². The van der Waals surface area contributed by atoms with Crippen molar-refractivity contribution in [2.45, 2.75) is 55.5 Å². The molecule has 0 spiro atoms. The fourth-order valence-electron chi connectivity index (χ4n) is 4.87. The highest BCUT2D eigenvalue weighted by Gasteiger charge is 2.89.